The van der Waals surface area contributed by atoms with Crippen LogP contribution in [0.15, 0.2) is 48.5 Å². The molecule has 2 aromatic carbocycles. The number of hydrogen-bond donors (Lipinski definition) is 0. The normalized spacial score (nSPS) is 27.6. The Hall–Kier alpha value is -2.60. The number of rotatable bonds is 9. The Morgan fingerprint density at radius 3 is 1.26 bits per heavy atom. The van der Waals surface area contributed by atoms with Gasteiger partial charge in [-0.1, -0.05) is 7.77 Å². The Kier molecular flexibility index (Phi) is 6.07. The third-order valence-electron chi connectivity index (χ3n) is 7.11. The van der Waals surface area contributed by atoms with Gasteiger partial charge in [-0.15, -0.1) is 0 Å². The Labute approximate surface area is 203 Å². The van der Waals surface area contributed by atoms with E-state index in [4.69, 9.17) is 9.47 Å². The fourth-order valence-corrected chi connectivity index (χ4v) is 7.05. The summed E-state index contributed by atoms with van der Waals surface area (Å²) in [6.45, 7) is 0. The number of ether oxygens (including phenoxy) is 2. The summed E-state index contributed by atoms with van der Waals surface area (Å²) in [7, 11) is -10.3. The third kappa shape index (κ3) is 5.80. The van der Waals surface area contributed by atoms with E-state index in [-0.39, 0.29) is 16.9 Å². The first-order chi connectivity index (χ1) is 16.4. The first-order valence-electron chi connectivity index (χ1n) is 11.3. The van der Waals surface area contributed by atoms with Crippen molar-refractivity contribution >= 4 is 21.0 Å². The molecule has 0 N–H and O–H groups in total. The summed E-state index contributed by atoms with van der Waals surface area (Å²) in [5, 5.41) is 0. The summed E-state index contributed by atoms with van der Waals surface area (Å²) in [6, 6.07) is 11.0. The maximum absolute atomic E-state index is 12.8. The topological polar surface area (TPSA) is 105 Å². The Balaban J connectivity index is 1.39. The Bertz CT molecular complexity index is 1160. The van der Waals surface area contributed by atoms with Gasteiger partial charge >= 0.3 is 21.0 Å². The lowest BCUT2D eigenvalue weighted by molar-refractivity contribution is -0.178. The van der Waals surface area contributed by atoms with Crippen LogP contribution in [0.5, 0.6) is 23.0 Å². The highest BCUT2D eigenvalue weighted by Gasteiger charge is 2.56. The van der Waals surface area contributed by atoms with Gasteiger partial charge in [-0.05, 0) is 105 Å². The molecule has 2 aromatic rings. The van der Waals surface area contributed by atoms with E-state index >= 15 is 0 Å². The largest absolute Gasteiger partial charge is 0.488 e. The van der Waals surface area contributed by atoms with Crippen LogP contribution < -0.4 is 17.8 Å². The molecule has 0 heterocycles. The second-order valence-corrected chi connectivity index (χ2v) is 11.6. The smallest absolute Gasteiger partial charge is 0.454 e. The highest BCUT2D eigenvalue weighted by atomic mass is 32.3. The van der Waals surface area contributed by atoms with E-state index in [0.29, 0.717) is 29.3 Å². The molecule has 4 aliphatic carbocycles. The van der Waals surface area contributed by atoms with Crippen molar-refractivity contribution < 1.29 is 42.4 Å². The Morgan fingerprint density at radius 2 is 0.943 bits per heavy atom. The second kappa shape index (κ2) is 8.81. The maximum atomic E-state index is 12.8. The Morgan fingerprint density at radius 1 is 0.629 bits per heavy atom. The first kappa shape index (κ1) is 24.1. The quantitative estimate of drug-likeness (QED) is 0.334. The van der Waals surface area contributed by atoms with Crippen LogP contribution in [0.1, 0.15) is 38.5 Å². The number of benzene rings is 2. The van der Waals surface area contributed by atoms with Crippen molar-refractivity contribution in [3.63, 3.8) is 0 Å². The molecule has 0 amide bonds. The molecule has 4 bridgehead atoms. The molecule has 4 fully saturated rings. The van der Waals surface area contributed by atoms with Gasteiger partial charge in [-0.25, -0.2) is 0 Å². The maximum Gasteiger partial charge on any atom is 0.488 e. The minimum atomic E-state index is -5.14. The molecule has 0 spiro atoms. The van der Waals surface area contributed by atoms with Crippen LogP contribution >= 0.6 is 0 Å². The average Bonchev–Trinajstić information content (AvgIpc) is 2.73. The monoisotopic (exact) mass is 530 g/mol. The lowest BCUT2D eigenvalue weighted by Crippen LogP contribution is -2.55. The average molecular weight is 531 g/mol. The molecule has 0 aliphatic heterocycles. The van der Waals surface area contributed by atoms with Crippen molar-refractivity contribution in [1.82, 2.24) is 0 Å². The SMILES string of the molecule is O=S(=O)(F)Oc1ccc(OC(Oc2ccc(OS(=O)(=O)F)cc2)C23CC4CC(CC(C4)C2)C3)cc1. The van der Waals surface area contributed by atoms with E-state index in [0.717, 1.165) is 19.3 Å². The summed E-state index contributed by atoms with van der Waals surface area (Å²) in [6.07, 6.45) is 5.78. The van der Waals surface area contributed by atoms with Crippen molar-refractivity contribution in [3.05, 3.63) is 48.5 Å². The van der Waals surface area contributed by atoms with Gasteiger partial charge in [-0.2, -0.15) is 16.8 Å². The molecule has 12 heteroatoms. The zero-order valence-corrected chi connectivity index (χ0v) is 20.1. The van der Waals surface area contributed by atoms with E-state index in [1.165, 1.54) is 67.8 Å². The zero-order chi connectivity index (χ0) is 24.8. The molecule has 6 rings (SSSR count). The molecule has 190 valence electrons. The predicted molar refractivity (Wildman–Crippen MR) is 120 cm³/mol. The summed E-state index contributed by atoms with van der Waals surface area (Å²) >= 11 is 0. The molecule has 0 saturated heterocycles. The minimum Gasteiger partial charge on any atom is -0.454 e. The molecule has 0 aromatic heterocycles. The first-order valence-corrected chi connectivity index (χ1v) is 13.9. The van der Waals surface area contributed by atoms with E-state index < -0.39 is 27.3 Å². The highest BCUT2D eigenvalue weighted by Crippen LogP contribution is 2.61. The van der Waals surface area contributed by atoms with E-state index in [1.807, 2.05) is 0 Å². The summed E-state index contributed by atoms with van der Waals surface area (Å²) in [4.78, 5) is 0. The van der Waals surface area contributed by atoms with Crippen molar-refractivity contribution in [2.24, 2.45) is 23.2 Å². The van der Waals surface area contributed by atoms with Crippen LogP contribution in [-0.4, -0.2) is 23.1 Å². The van der Waals surface area contributed by atoms with Gasteiger partial charge in [0.1, 0.15) is 23.0 Å². The van der Waals surface area contributed by atoms with E-state index in [1.54, 1.807) is 0 Å². The molecular weight excluding hydrogens is 506 g/mol. The standard InChI is InChI=1S/C23H24F2O8S2/c24-34(26,27)32-20-5-1-18(2-6-20)30-22(23-12-15-9-16(13-23)11-17(10-15)14-23)31-19-3-7-21(8-4-19)33-35(25,28)29/h1-8,15-17,22H,9-14H2. The number of halogens is 2. The summed E-state index contributed by atoms with van der Waals surface area (Å²) in [5.41, 5.74) is -0.232. The van der Waals surface area contributed by atoms with Gasteiger partial charge in [0.25, 0.3) is 0 Å². The minimum absolute atomic E-state index is 0.189. The van der Waals surface area contributed by atoms with Gasteiger partial charge in [0.2, 0.25) is 6.29 Å². The lowest BCUT2D eigenvalue weighted by Gasteiger charge is -2.58. The molecule has 4 aliphatic rings. The highest BCUT2D eigenvalue weighted by molar-refractivity contribution is 7.82. The summed E-state index contributed by atoms with van der Waals surface area (Å²) < 4.78 is 89.6. The van der Waals surface area contributed by atoms with Crippen LogP contribution in [0.3, 0.4) is 0 Å². The van der Waals surface area contributed by atoms with Gasteiger partial charge in [-0.3, -0.25) is 0 Å². The van der Waals surface area contributed by atoms with Crippen molar-refractivity contribution in [3.8, 4) is 23.0 Å². The lowest BCUT2D eigenvalue weighted by atomic mass is 9.49. The van der Waals surface area contributed by atoms with Crippen LogP contribution in [0.2, 0.25) is 0 Å². The van der Waals surface area contributed by atoms with Gasteiger partial charge in [0.15, 0.2) is 0 Å². The molecular formula is C23H24F2O8S2. The zero-order valence-electron chi connectivity index (χ0n) is 18.5. The van der Waals surface area contributed by atoms with Gasteiger partial charge in [0.05, 0.1) is 0 Å². The van der Waals surface area contributed by atoms with Crippen molar-refractivity contribution in [2.75, 3.05) is 0 Å². The third-order valence-corrected chi connectivity index (χ3v) is 7.89. The van der Waals surface area contributed by atoms with Crippen LogP contribution in [0, 0.1) is 23.2 Å². The van der Waals surface area contributed by atoms with Gasteiger partial charge in [0, 0.05) is 5.41 Å². The molecule has 0 atom stereocenters. The fourth-order valence-electron chi connectivity index (χ4n) is 6.36. The van der Waals surface area contributed by atoms with E-state index in [9.17, 15) is 24.6 Å². The predicted octanol–water partition coefficient (Wildman–Crippen LogP) is 4.87. The van der Waals surface area contributed by atoms with Gasteiger partial charge < -0.3 is 17.8 Å². The second-order valence-electron chi connectivity index (χ2n) is 9.74. The number of hydrogen-bond acceptors (Lipinski definition) is 8. The van der Waals surface area contributed by atoms with Crippen LogP contribution in [0.25, 0.3) is 0 Å². The van der Waals surface area contributed by atoms with Crippen LogP contribution in [-0.2, 0) is 21.0 Å². The molecule has 4 saturated carbocycles. The fraction of sp³-hybridized carbons (Fsp3) is 0.478. The molecule has 35 heavy (non-hydrogen) atoms. The molecule has 8 nitrogen and oxygen atoms in total. The van der Waals surface area contributed by atoms with Crippen LogP contribution in [0.4, 0.5) is 7.77 Å². The van der Waals surface area contributed by atoms with E-state index in [2.05, 4.69) is 8.37 Å². The molecule has 0 radical (unpaired) electrons. The summed E-state index contributed by atoms with van der Waals surface area (Å²) in [5.74, 6) is 2.21. The van der Waals surface area contributed by atoms with Crippen molar-refractivity contribution in [1.29, 1.82) is 0 Å². The van der Waals surface area contributed by atoms with Crippen molar-refractivity contribution in [2.45, 2.75) is 44.8 Å². The molecule has 0 unspecified atom stereocenters.